The molecule has 0 saturated carbocycles. The number of halogens is 3. The number of likely N-dealkylation sites (tertiary alicyclic amines) is 1. The average Bonchev–Trinajstić information content (AvgIpc) is 2.81. The molecule has 0 radical (unpaired) electrons. The normalized spacial score (nSPS) is 26.8. The van der Waals surface area contributed by atoms with Gasteiger partial charge in [-0.3, -0.25) is 4.90 Å². The lowest BCUT2D eigenvalue weighted by molar-refractivity contribution is 0.139. The molecule has 3 rings (SSSR count). The van der Waals surface area contributed by atoms with Gasteiger partial charge < -0.3 is 5.32 Å². The fourth-order valence-electron chi connectivity index (χ4n) is 3.16. The van der Waals surface area contributed by atoms with E-state index < -0.39 is 11.6 Å². The minimum Gasteiger partial charge on any atom is -0.316 e. The number of fused-ring (bicyclic) bond motifs is 1. The molecule has 5 heteroatoms. The van der Waals surface area contributed by atoms with Gasteiger partial charge in [0, 0.05) is 18.7 Å². The van der Waals surface area contributed by atoms with Crippen molar-refractivity contribution >= 4 is 12.4 Å². The number of rotatable bonds is 2. The Hall–Kier alpha value is -0.710. The molecule has 0 aromatic heterocycles. The zero-order chi connectivity index (χ0) is 12.5. The van der Waals surface area contributed by atoms with Crippen LogP contribution < -0.4 is 5.32 Å². The number of hydrogen-bond donors (Lipinski definition) is 1. The van der Waals surface area contributed by atoms with Gasteiger partial charge in [-0.1, -0.05) is 6.07 Å². The van der Waals surface area contributed by atoms with Crippen LogP contribution in [0.15, 0.2) is 18.2 Å². The number of nitrogens with one attached hydrogen (secondary N) is 1. The Labute approximate surface area is 118 Å². The smallest absolute Gasteiger partial charge is 0.130 e. The number of piperidine rings is 1. The van der Waals surface area contributed by atoms with Crippen LogP contribution in [0, 0.1) is 23.5 Å². The van der Waals surface area contributed by atoms with Crippen molar-refractivity contribution in [1.82, 2.24) is 10.2 Å². The van der Waals surface area contributed by atoms with E-state index in [9.17, 15) is 8.78 Å². The highest BCUT2D eigenvalue weighted by molar-refractivity contribution is 5.85. The van der Waals surface area contributed by atoms with E-state index in [4.69, 9.17) is 0 Å². The van der Waals surface area contributed by atoms with Crippen LogP contribution in [0.5, 0.6) is 0 Å². The van der Waals surface area contributed by atoms with E-state index in [0.717, 1.165) is 38.5 Å². The van der Waals surface area contributed by atoms with Crippen molar-refractivity contribution in [2.75, 3.05) is 26.2 Å². The Bertz CT molecular complexity index is 421. The highest BCUT2D eigenvalue weighted by Crippen LogP contribution is 2.28. The van der Waals surface area contributed by atoms with Crippen molar-refractivity contribution in [2.45, 2.75) is 13.0 Å². The van der Waals surface area contributed by atoms with Crippen molar-refractivity contribution in [1.29, 1.82) is 0 Å². The molecule has 0 aliphatic carbocycles. The Kier molecular flexibility index (Phi) is 4.76. The summed E-state index contributed by atoms with van der Waals surface area (Å²) in [5, 5.41) is 3.40. The summed E-state index contributed by atoms with van der Waals surface area (Å²) in [6.07, 6.45) is 1.13. The molecule has 0 spiro atoms. The molecule has 2 fully saturated rings. The Morgan fingerprint density at radius 1 is 1.16 bits per heavy atom. The molecule has 106 valence electrons. The van der Waals surface area contributed by atoms with Gasteiger partial charge in [0.15, 0.2) is 0 Å². The van der Waals surface area contributed by atoms with Crippen LogP contribution in [0.1, 0.15) is 12.0 Å². The quantitative estimate of drug-likeness (QED) is 0.899. The molecule has 19 heavy (non-hydrogen) atoms. The third kappa shape index (κ3) is 3.07. The van der Waals surface area contributed by atoms with Gasteiger partial charge in [0.2, 0.25) is 0 Å². The van der Waals surface area contributed by atoms with E-state index in [0.29, 0.717) is 12.5 Å². The molecule has 0 amide bonds. The molecular formula is C14H19ClF2N2. The standard InChI is InChI=1S/C14H18F2N2.ClH/c15-13-2-1-3-14(16)12(13)9-18-5-4-10-6-17-7-11(10)8-18;/h1-3,10-11,17H,4-9H2;1H. The monoisotopic (exact) mass is 288 g/mol. The minimum absolute atomic E-state index is 0. The molecular weight excluding hydrogens is 270 g/mol. The number of nitrogens with zero attached hydrogens (tertiary/aromatic N) is 1. The average molecular weight is 289 g/mol. The van der Waals surface area contributed by atoms with Crippen molar-refractivity contribution in [3.05, 3.63) is 35.4 Å². The first kappa shape index (κ1) is 14.7. The van der Waals surface area contributed by atoms with Gasteiger partial charge >= 0.3 is 0 Å². The lowest BCUT2D eigenvalue weighted by Crippen LogP contribution is -2.39. The van der Waals surface area contributed by atoms with Crippen LogP contribution in [-0.2, 0) is 6.54 Å². The molecule has 1 aromatic carbocycles. The predicted octanol–water partition coefficient (Wildman–Crippen LogP) is 2.43. The van der Waals surface area contributed by atoms with Gasteiger partial charge in [0.05, 0.1) is 0 Å². The van der Waals surface area contributed by atoms with Crippen LogP contribution in [0.25, 0.3) is 0 Å². The number of hydrogen-bond acceptors (Lipinski definition) is 2. The molecule has 2 saturated heterocycles. The molecule has 2 heterocycles. The van der Waals surface area contributed by atoms with Gasteiger partial charge in [-0.05, 0) is 50.0 Å². The van der Waals surface area contributed by atoms with Gasteiger partial charge in [-0.2, -0.15) is 0 Å². The van der Waals surface area contributed by atoms with Crippen LogP contribution in [0.4, 0.5) is 8.78 Å². The first-order chi connectivity index (χ1) is 8.74. The molecule has 1 aromatic rings. The first-order valence-corrected chi connectivity index (χ1v) is 6.60. The molecule has 0 bridgehead atoms. The fourth-order valence-corrected chi connectivity index (χ4v) is 3.16. The van der Waals surface area contributed by atoms with Crippen molar-refractivity contribution in [3.8, 4) is 0 Å². The van der Waals surface area contributed by atoms with Gasteiger partial charge in [0.1, 0.15) is 11.6 Å². The molecule has 2 unspecified atom stereocenters. The summed E-state index contributed by atoms with van der Waals surface area (Å²) >= 11 is 0. The second-order valence-electron chi connectivity index (χ2n) is 5.40. The lowest BCUT2D eigenvalue weighted by atomic mass is 9.88. The van der Waals surface area contributed by atoms with E-state index in [1.807, 2.05) is 0 Å². The molecule has 2 aliphatic rings. The van der Waals surface area contributed by atoms with Crippen LogP contribution in [0.2, 0.25) is 0 Å². The van der Waals surface area contributed by atoms with Crippen molar-refractivity contribution < 1.29 is 8.78 Å². The zero-order valence-electron chi connectivity index (χ0n) is 10.7. The van der Waals surface area contributed by atoms with Crippen LogP contribution in [0.3, 0.4) is 0 Å². The highest BCUT2D eigenvalue weighted by Gasteiger charge is 2.33. The van der Waals surface area contributed by atoms with Crippen molar-refractivity contribution in [3.63, 3.8) is 0 Å². The topological polar surface area (TPSA) is 15.3 Å². The Balaban J connectivity index is 0.00000133. The van der Waals surface area contributed by atoms with E-state index in [-0.39, 0.29) is 18.0 Å². The van der Waals surface area contributed by atoms with E-state index in [1.54, 1.807) is 0 Å². The minimum atomic E-state index is -0.429. The second-order valence-corrected chi connectivity index (χ2v) is 5.40. The largest absolute Gasteiger partial charge is 0.316 e. The van der Waals surface area contributed by atoms with Crippen LogP contribution in [-0.4, -0.2) is 31.1 Å². The highest BCUT2D eigenvalue weighted by atomic mass is 35.5. The number of benzene rings is 1. The maximum absolute atomic E-state index is 13.6. The zero-order valence-corrected chi connectivity index (χ0v) is 11.6. The Morgan fingerprint density at radius 2 is 1.84 bits per heavy atom. The van der Waals surface area contributed by atoms with E-state index in [2.05, 4.69) is 10.2 Å². The first-order valence-electron chi connectivity index (χ1n) is 6.60. The van der Waals surface area contributed by atoms with Crippen LogP contribution >= 0.6 is 12.4 Å². The Morgan fingerprint density at radius 3 is 2.58 bits per heavy atom. The second kappa shape index (κ2) is 6.16. The summed E-state index contributed by atoms with van der Waals surface area (Å²) < 4.78 is 27.2. The predicted molar refractivity (Wildman–Crippen MR) is 73.3 cm³/mol. The van der Waals surface area contributed by atoms with Crippen molar-refractivity contribution in [2.24, 2.45) is 11.8 Å². The van der Waals surface area contributed by atoms with Gasteiger partial charge in [-0.15, -0.1) is 12.4 Å². The fraction of sp³-hybridized carbons (Fsp3) is 0.571. The molecule has 2 atom stereocenters. The van der Waals surface area contributed by atoms with E-state index >= 15 is 0 Å². The summed E-state index contributed by atoms with van der Waals surface area (Å²) in [6, 6.07) is 4.09. The molecule has 2 nitrogen and oxygen atoms in total. The lowest BCUT2D eigenvalue weighted by Gasteiger charge is -2.34. The summed E-state index contributed by atoms with van der Waals surface area (Å²) in [4.78, 5) is 2.18. The third-order valence-electron chi connectivity index (χ3n) is 4.23. The molecule has 1 N–H and O–H groups in total. The van der Waals surface area contributed by atoms with Gasteiger partial charge in [-0.25, -0.2) is 8.78 Å². The van der Waals surface area contributed by atoms with E-state index in [1.165, 1.54) is 18.2 Å². The SMILES string of the molecule is Cl.Fc1cccc(F)c1CN1CCC2CNCC2C1. The third-order valence-corrected chi connectivity index (χ3v) is 4.23. The summed E-state index contributed by atoms with van der Waals surface area (Å²) in [5.74, 6) is 0.545. The maximum Gasteiger partial charge on any atom is 0.130 e. The summed E-state index contributed by atoms with van der Waals surface area (Å²) in [7, 11) is 0. The summed E-state index contributed by atoms with van der Waals surface area (Å²) in [6.45, 7) is 4.43. The van der Waals surface area contributed by atoms with Gasteiger partial charge in [0.25, 0.3) is 0 Å². The maximum atomic E-state index is 13.6. The summed E-state index contributed by atoms with van der Waals surface area (Å²) in [5.41, 5.74) is 0.210. The molecule has 2 aliphatic heterocycles.